The van der Waals surface area contributed by atoms with Gasteiger partial charge in [0.15, 0.2) is 0 Å². The van der Waals surface area contributed by atoms with Gasteiger partial charge in [0.1, 0.15) is 11.4 Å². The lowest BCUT2D eigenvalue weighted by Crippen LogP contribution is -2.12. The first-order valence-electron chi connectivity index (χ1n) is 9.11. The third kappa shape index (κ3) is 3.78. The third-order valence-electron chi connectivity index (χ3n) is 4.83. The zero-order chi connectivity index (χ0) is 20.3. The molecule has 0 fully saturated rings. The Morgan fingerprint density at radius 2 is 1.22 bits per heavy atom. The molecule has 0 aliphatic rings. The van der Waals surface area contributed by atoms with Gasteiger partial charge in [-0.2, -0.15) is 0 Å². The first-order chi connectivity index (χ1) is 12.8. The Balaban J connectivity index is 2.56. The smallest absolute Gasteiger partial charge is 0.355 e. The molecule has 148 valence electrons. The van der Waals surface area contributed by atoms with Crippen molar-refractivity contribution in [3.63, 3.8) is 0 Å². The predicted octanol–water partition coefficient (Wildman–Crippen LogP) is 3.05. The molecule has 0 aliphatic heterocycles. The summed E-state index contributed by atoms with van der Waals surface area (Å²) in [5, 5.41) is 10.2. The minimum Gasteiger partial charge on any atom is -0.461 e. The summed E-state index contributed by atoms with van der Waals surface area (Å²) in [6.45, 7) is 11.3. The van der Waals surface area contributed by atoms with E-state index in [0.717, 1.165) is 33.6 Å². The van der Waals surface area contributed by atoms with Gasteiger partial charge in [-0.05, 0) is 63.8 Å². The fourth-order valence-corrected chi connectivity index (χ4v) is 3.72. The van der Waals surface area contributed by atoms with Crippen molar-refractivity contribution in [3.05, 3.63) is 45.0 Å². The van der Waals surface area contributed by atoms with Crippen LogP contribution in [0, 0.1) is 27.7 Å². The molecule has 0 saturated heterocycles. The Morgan fingerprint density at radius 1 is 0.852 bits per heavy atom. The Morgan fingerprint density at radius 3 is 1.52 bits per heavy atom. The highest BCUT2D eigenvalue weighted by molar-refractivity contribution is 5.91. The summed E-state index contributed by atoms with van der Waals surface area (Å²) in [5.74, 6) is -1.23. The topological polar surface area (TPSA) is 104 Å². The highest BCUT2D eigenvalue weighted by atomic mass is 16.5. The number of aromatic amines is 2. The lowest BCUT2D eigenvalue weighted by atomic mass is 9.87. The van der Waals surface area contributed by atoms with Gasteiger partial charge < -0.3 is 24.5 Å². The number of hydrogen-bond acceptors (Lipinski definition) is 5. The summed E-state index contributed by atoms with van der Waals surface area (Å²) in [5.41, 5.74) is 5.49. The Kier molecular flexibility index (Phi) is 6.49. The molecule has 0 saturated carbocycles. The second-order valence-corrected chi connectivity index (χ2v) is 6.50. The van der Waals surface area contributed by atoms with E-state index < -0.39 is 11.9 Å². The molecule has 0 spiro atoms. The molecule has 0 aliphatic carbocycles. The summed E-state index contributed by atoms with van der Waals surface area (Å²) in [6, 6.07) is 0. The van der Waals surface area contributed by atoms with Crippen molar-refractivity contribution in [2.75, 3.05) is 19.8 Å². The number of carbonyl (C=O) groups excluding carboxylic acids is 2. The summed E-state index contributed by atoms with van der Waals surface area (Å²) >= 11 is 0. The molecule has 3 N–H and O–H groups in total. The van der Waals surface area contributed by atoms with Crippen molar-refractivity contribution in [3.8, 4) is 0 Å². The van der Waals surface area contributed by atoms with Crippen LogP contribution in [0.1, 0.15) is 74.4 Å². The average molecular weight is 376 g/mol. The van der Waals surface area contributed by atoms with Gasteiger partial charge >= 0.3 is 11.9 Å². The number of aryl methyl sites for hydroxylation is 2. The van der Waals surface area contributed by atoms with Crippen LogP contribution in [0.3, 0.4) is 0 Å². The minimum atomic E-state index is -0.421. The molecule has 7 nitrogen and oxygen atoms in total. The maximum Gasteiger partial charge on any atom is 0.355 e. The predicted molar refractivity (Wildman–Crippen MR) is 101 cm³/mol. The normalized spacial score (nSPS) is 11.1. The van der Waals surface area contributed by atoms with Crippen molar-refractivity contribution in [2.24, 2.45) is 0 Å². The molecule has 2 aromatic heterocycles. The maximum atomic E-state index is 12.2. The van der Waals surface area contributed by atoms with Gasteiger partial charge in [-0.3, -0.25) is 0 Å². The van der Waals surface area contributed by atoms with Crippen LogP contribution < -0.4 is 0 Å². The third-order valence-corrected chi connectivity index (χ3v) is 4.83. The quantitative estimate of drug-likeness (QED) is 0.644. The van der Waals surface area contributed by atoms with E-state index in [-0.39, 0.29) is 25.7 Å². The van der Waals surface area contributed by atoms with Crippen LogP contribution in [0.4, 0.5) is 0 Å². The van der Waals surface area contributed by atoms with E-state index in [1.807, 2.05) is 27.7 Å². The van der Waals surface area contributed by atoms with Crippen LogP contribution in [-0.4, -0.2) is 46.8 Å². The maximum absolute atomic E-state index is 12.2. The van der Waals surface area contributed by atoms with Gasteiger partial charge in [-0.25, -0.2) is 9.59 Å². The molecule has 0 aromatic carbocycles. The molecule has 2 aromatic rings. The van der Waals surface area contributed by atoms with Gasteiger partial charge in [0.2, 0.25) is 0 Å². The van der Waals surface area contributed by atoms with Crippen molar-refractivity contribution in [1.29, 1.82) is 0 Å². The number of aliphatic hydroxyl groups is 1. The van der Waals surface area contributed by atoms with Crippen LogP contribution in [0.5, 0.6) is 0 Å². The van der Waals surface area contributed by atoms with E-state index in [2.05, 4.69) is 9.97 Å². The van der Waals surface area contributed by atoms with Gasteiger partial charge in [-0.15, -0.1) is 0 Å². The number of ether oxygens (including phenoxy) is 2. The molecule has 27 heavy (non-hydrogen) atoms. The Labute approximate surface area is 159 Å². The van der Waals surface area contributed by atoms with Crippen molar-refractivity contribution in [1.82, 2.24) is 9.97 Å². The van der Waals surface area contributed by atoms with Crippen LogP contribution >= 0.6 is 0 Å². The first kappa shape index (κ1) is 20.8. The van der Waals surface area contributed by atoms with Gasteiger partial charge in [0, 0.05) is 17.3 Å². The van der Waals surface area contributed by atoms with E-state index in [4.69, 9.17) is 9.47 Å². The second kappa shape index (κ2) is 8.43. The molecule has 0 bridgehead atoms. The lowest BCUT2D eigenvalue weighted by molar-refractivity contribution is 0.0509. The van der Waals surface area contributed by atoms with Crippen LogP contribution in [0.25, 0.3) is 0 Å². The molecular formula is C20H28N2O5. The largest absolute Gasteiger partial charge is 0.461 e. The molecule has 0 atom stereocenters. The summed E-state index contributed by atoms with van der Waals surface area (Å²) in [7, 11) is 0. The highest BCUT2D eigenvalue weighted by Crippen LogP contribution is 2.36. The van der Waals surface area contributed by atoms with Crippen molar-refractivity contribution < 1.29 is 24.2 Å². The van der Waals surface area contributed by atoms with Gasteiger partial charge in [0.05, 0.1) is 19.8 Å². The van der Waals surface area contributed by atoms with Crippen molar-refractivity contribution in [2.45, 2.75) is 47.5 Å². The molecule has 0 radical (unpaired) electrons. The second-order valence-electron chi connectivity index (χ2n) is 6.50. The first-order valence-corrected chi connectivity index (χ1v) is 9.11. The van der Waals surface area contributed by atoms with E-state index in [9.17, 15) is 14.7 Å². The van der Waals surface area contributed by atoms with Crippen LogP contribution in [0.2, 0.25) is 0 Å². The Bertz CT molecular complexity index is 779. The average Bonchev–Trinajstić information content (AvgIpc) is 3.07. The number of hydrogen-bond donors (Lipinski definition) is 3. The number of rotatable bonds is 7. The zero-order valence-electron chi connectivity index (χ0n) is 16.8. The summed E-state index contributed by atoms with van der Waals surface area (Å²) in [6.07, 6.45) is 0. The number of carbonyl (C=O) groups is 2. The number of aromatic nitrogens is 2. The van der Waals surface area contributed by atoms with Gasteiger partial charge in [-0.1, -0.05) is 0 Å². The minimum absolute atomic E-state index is 0.163. The number of nitrogens with one attached hydrogen (secondary N) is 2. The molecular weight excluding hydrogens is 348 g/mol. The molecule has 2 rings (SSSR count). The lowest BCUT2D eigenvalue weighted by Gasteiger charge is -2.18. The number of aliphatic hydroxyl groups excluding tert-OH is 1. The summed E-state index contributed by atoms with van der Waals surface area (Å²) < 4.78 is 10.2. The fraction of sp³-hybridized carbons (Fsp3) is 0.500. The van der Waals surface area contributed by atoms with Crippen LogP contribution in [-0.2, 0) is 9.47 Å². The monoisotopic (exact) mass is 376 g/mol. The van der Waals surface area contributed by atoms with Gasteiger partial charge in [0.25, 0.3) is 0 Å². The van der Waals surface area contributed by atoms with E-state index in [1.54, 1.807) is 13.8 Å². The number of esters is 2. The summed E-state index contributed by atoms with van der Waals surface area (Å²) in [4.78, 5) is 30.6. The SMILES string of the molecule is CCOC(=O)c1[nH]c(C)c(C(CO)c2c(C)[nH]c(C(=O)OCC)c2C)c1C. The number of H-pyrrole nitrogens is 2. The molecule has 0 amide bonds. The van der Waals surface area contributed by atoms with E-state index >= 15 is 0 Å². The molecule has 2 heterocycles. The van der Waals surface area contributed by atoms with E-state index in [1.165, 1.54) is 0 Å². The Hall–Kier alpha value is -2.54. The zero-order valence-corrected chi connectivity index (χ0v) is 16.8. The standard InChI is InChI=1S/C20H28N2O5/c1-7-26-19(24)17-10(3)15(12(5)21-17)14(9-23)16-11(4)18(22-13(16)6)20(25)27-8-2/h14,21-23H,7-9H2,1-6H3. The van der Waals surface area contributed by atoms with E-state index in [0.29, 0.717) is 11.4 Å². The highest BCUT2D eigenvalue weighted by Gasteiger charge is 2.29. The van der Waals surface area contributed by atoms with Crippen molar-refractivity contribution >= 4 is 11.9 Å². The van der Waals surface area contributed by atoms with Crippen LogP contribution in [0.15, 0.2) is 0 Å². The molecule has 7 heteroatoms. The fourth-order valence-electron chi connectivity index (χ4n) is 3.72. The molecule has 0 unspecified atom stereocenters.